The highest BCUT2D eigenvalue weighted by Gasteiger charge is 2.18. The number of hydrogen-bond donors (Lipinski definition) is 0. The Labute approximate surface area is 124 Å². The van der Waals surface area contributed by atoms with Crippen molar-refractivity contribution < 1.29 is 9.53 Å². The normalized spacial score (nSPS) is 16.2. The number of amides is 1. The monoisotopic (exact) mass is 281 g/mol. The number of carbonyl (C=O) groups is 1. The van der Waals surface area contributed by atoms with Gasteiger partial charge < -0.3 is 9.64 Å². The summed E-state index contributed by atoms with van der Waals surface area (Å²) < 4.78 is 5.27. The van der Waals surface area contributed by atoms with Gasteiger partial charge in [-0.2, -0.15) is 0 Å². The third kappa shape index (κ3) is 7.09. The summed E-state index contributed by atoms with van der Waals surface area (Å²) in [5, 5.41) is 0. The first-order valence-electron chi connectivity index (χ1n) is 8.01. The smallest absolute Gasteiger partial charge is 0.222 e. The minimum absolute atomic E-state index is 0.303. The van der Waals surface area contributed by atoms with Crippen LogP contribution >= 0.6 is 0 Å². The Hall–Kier alpha value is -0.830. The Morgan fingerprint density at radius 2 is 1.85 bits per heavy atom. The van der Waals surface area contributed by atoms with Crippen LogP contribution in [0.15, 0.2) is 12.7 Å². The second-order valence-corrected chi connectivity index (χ2v) is 6.55. The van der Waals surface area contributed by atoms with E-state index in [1.165, 1.54) is 19.3 Å². The molecule has 0 radical (unpaired) electrons. The molecule has 0 aromatic heterocycles. The summed E-state index contributed by atoms with van der Waals surface area (Å²) in [5.74, 6) is 0.303. The van der Waals surface area contributed by atoms with Gasteiger partial charge in [0, 0.05) is 19.5 Å². The van der Waals surface area contributed by atoms with Crippen LogP contribution in [0.3, 0.4) is 0 Å². The molecule has 0 saturated carbocycles. The topological polar surface area (TPSA) is 29.5 Å². The van der Waals surface area contributed by atoms with Gasteiger partial charge in [-0.3, -0.25) is 4.79 Å². The number of carbonyl (C=O) groups excluding carboxylic acids is 1. The first kappa shape index (κ1) is 17.2. The van der Waals surface area contributed by atoms with Crippen LogP contribution in [0, 0.1) is 5.41 Å². The number of allylic oxidation sites excluding steroid dienone is 1. The van der Waals surface area contributed by atoms with Crippen molar-refractivity contribution in [3.05, 3.63) is 12.7 Å². The molecule has 1 saturated heterocycles. The highest BCUT2D eigenvalue weighted by molar-refractivity contribution is 5.76. The molecule has 0 spiro atoms. The molecule has 1 fully saturated rings. The predicted octanol–water partition coefficient (Wildman–Crippen LogP) is 3.79. The van der Waals surface area contributed by atoms with Crippen molar-refractivity contribution in [3.63, 3.8) is 0 Å². The summed E-state index contributed by atoms with van der Waals surface area (Å²) in [6.07, 6.45) is 9.65. The summed E-state index contributed by atoms with van der Waals surface area (Å²) in [6.45, 7) is 11.4. The molecule has 0 N–H and O–H groups in total. The average molecular weight is 281 g/mol. The van der Waals surface area contributed by atoms with Gasteiger partial charge in [0.05, 0.1) is 13.2 Å². The van der Waals surface area contributed by atoms with Gasteiger partial charge in [0.15, 0.2) is 0 Å². The van der Waals surface area contributed by atoms with Gasteiger partial charge in [0.1, 0.15) is 0 Å². The molecule has 1 aliphatic rings. The van der Waals surface area contributed by atoms with Gasteiger partial charge in [0.25, 0.3) is 0 Å². The van der Waals surface area contributed by atoms with Crippen LogP contribution in [-0.2, 0) is 9.53 Å². The molecule has 3 nitrogen and oxygen atoms in total. The highest BCUT2D eigenvalue weighted by Crippen LogP contribution is 2.29. The van der Waals surface area contributed by atoms with E-state index in [1.807, 2.05) is 11.0 Å². The molecule has 20 heavy (non-hydrogen) atoms. The number of nitrogens with zero attached hydrogens (tertiary/aromatic N) is 1. The Morgan fingerprint density at radius 1 is 1.20 bits per heavy atom. The maximum absolute atomic E-state index is 12.0. The number of unbranched alkanes of at least 4 members (excludes halogenated alkanes) is 2. The van der Waals surface area contributed by atoms with Gasteiger partial charge >= 0.3 is 0 Å². The van der Waals surface area contributed by atoms with Crippen LogP contribution in [0.25, 0.3) is 0 Å². The fourth-order valence-corrected chi connectivity index (χ4v) is 2.70. The quantitative estimate of drug-likeness (QED) is 0.475. The molecule has 0 aromatic carbocycles. The van der Waals surface area contributed by atoms with Gasteiger partial charge in [-0.25, -0.2) is 0 Å². The second-order valence-electron chi connectivity index (χ2n) is 6.55. The van der Waals surface area contributed by atoms with E-state index >= 15 is 0 Å². The molecule has 116 valence electrons. The summed E-state index contributed by atoms with van der Waals surface area (Å²) in [5.41, 5.74) is 0.394. The van der Waals surface area contributed by atoms with E-state index < -0.39 is 0 Å². The molecule has 0 atom stereocenters. The van der Waals surface area contributed by atoms with Crippen molar-refractivity contribution in [2.75, 3.05) is 26.3 Å². The molecular formula is C17H31NO2. The first-order chi connectivity index (χ1) is 9.55. The standard InChI is InChI=1S/C17H31NO2/c1-4-5-7-10-17(2,3)11-8-6-9-16(19)18-12-14-20-15-13-18/h4H,1,5-15H2,2-3H3. The van der Waals surface area contributed by atoms with E-state index in [4.69, 9.17) is 4.74 Å². The lowest BCUT2D eigenvalue weighted by Gasteiger charge is -2.27. The zero-order valence-electron chi connectivity index (χ0n) is 13.3. The van der Waals surface area contributed by atoms with E-state index in [0.29, 0.717) is 31.0 Å². The van der Waals surface area contributed by atoms with Crippen LogP contribution in [0.1, 0.15) is 58.8 Å². The summed E-state index contributed by atoms with van der Waals surface area (Å²) in [4.78, 5) is 13.9. The average Bonchev–Trinajstić information content (AvgIpc) is 2.44. The lowest BCUT2D eigenvalue weighted by Crippen LogP contribution is -2.40. The molecule has 0 bridgehead atoms. The zero-order valence-corrected chi connectivity index (χ0v) is 13.3. The molecule has 1 amide bonds. The number of ether oxygens (including phenoxy) is 1. The Bertz CT molecular complexity index is 293. The van der Waals surface area contributed by atoms with Crippen molar-refractivity contribution in [2.24, 2.45) is 5.41 Å². The van der Waals surface area contributed by atoms with E-state index in [2.05, 4.69) is 20.4 Å². The van der Waals surface area contributed by atoms with Crippen LogP contribution < -0.4 is 0 Å². The van der Waals surface area contributed by atoms with Gasteiger partial charge in [-0.1, -0.05) is 26.3 Å². The minimum atomic E-state index is 0.303. The highest BCUT2D eigenvalue weighted by atomic mass is 16.5. The maximum Gasteiger partial charge on any atom is 0.222 e. The van der Waals surface area contributed by atoms with Crippen LogP contribution in [-0.4, -0.2) is 37.1 Å². The third-order valence-corrected chi connectivity index (χ3v) is 4.12. The molecule has 0 aliphatic carbocycles. The van der Waals surface area contributed by atoms with Crippen LogP contribution in [0.2, 0.25) is 0 Å². The first-order valence-corrected chi connectivity index (χ1v) is 8.01. The Morgan fingerprint density at radius 3 is 2.50 bits per heavy atom. The Balaban J connectivity index is 2.10. The van der Waals surface area contributed by atoms with Crippen molar-refractivity contribution in [2.45, 2.75) is 58.8 Å². The molecule has 1 heterocycles. The second kappa shape index (κ2) is 9.17. The van der Waals surface area contributed by atoms with E-state index in [-0.39, 0.29) is 0 Å². The fraction of sp³-hybridized carbons (Fsp3) is 0.824. The van der Waals surface area contributed by atoms with Crippen molar-refractivity contribution in [3.8, 4) is 0 Å². The Kier molecular flexibility index (Phi) is 7.90. The minimum Gasteiger partial charge on any atom is -0.378 e. The lowest BCUT2D eigenvalue weighted by molar-refractivity contribution is -0.135. The maximum atomic E-state index is 12.0. The summed E-state index contributed by atoms with van der Waals surface area (Å²) in [6, 6.07) is 0. The van der Waals surface area contributed by atoms with Crippen LogP contribution in [0.5, 0.6) is 0 Å². The van der Waals surface area contributed by atoms with Gasteiger partial charge in [-0.15, -0.1) is 6.58 Å². The largest absolute Gasteiger partial charge is 0.378 e. The van der Waals surface area contributed by atoms with Crippen molar-refractivity contribution >= 4 is 5.91 Å². The van der Waals surface area contributed by atoms with Crippen molar-refractivity contribution in [1.29, 1.82) is 0 Å². The molecule has 1 aliphatic heterocycles. The number of hydrogen-bond acceptors (Lipinski definition) is 2. The van der Waals surface area contributed by atoms with E-state index in [0.717, 1.165) is 32.4 Å². The molecule has 0 aromatic rings. The SMILES string of the molecule is C=CCCCC(C)(C)CCCCC(=O)N1CCOCC1. The molecule has 3 heteroatoms. The van der Waals surface area contributed by atoms with Crippen LogP contribution in [0.4, 0.5) is 0 Å². The lowest BCUT2D eigenvalue weighted by atomic mass is 9.82. The summed E-state index contributed by atoms with van der Waals surface area (Å²) >= 11 is 0. The van der Waals surface area contributed by atoms with Gasteiger partial charge in [0.2, 0.25) is 5.91 Å². The predicted molar refractivity (Wildman–Crippen MR) is 83.7 cm³/mol. The van der Waals surface area contributed by atoms with Gasteiger partial charge in [-0.05, 0) is 37.5 Å². The van der Waals surface area contributed by atoms with Crippen molar-refractivity contribution in [1.82, 2.24) is 4.90 Å². The summed E-state index contributed by atoms with van der Waals surface area (Å²) in [7, 11) is 0. The molecule has 1 rings (SSSR count). The molecule has 0 unspecified atom stereocenters. The number of morpholine rings is 1. The third-order valence-electron chi connectivity index (χ3n) is 4.12. The number of rotatable bonds is 9. The van der Waals surface area contributed by atoms with E-state index in [9.17, 15) is 4.79 Å². The molecular weight excluding hydrogens is 250 g/mol. The fourth-order valence-electron chi connectivity index (χ4n) is 2.70. The zero-order chi connectivity index (χ0) is 14.8. The van der Waals surface area contributed by atoms with E-state index in [1.54, 1.807) is 0 Å².